The first kappa shape index (κ1) is 17.7. The molecule has 23 heavy (non-hydrogen) atoms. The minimum absolute atomic E-state index is 0.234. The lowest BCUT2D eigenvalue weighted by Gasteiger charge is -2.15. The highest BCUT2D eigenvalue weighted by Gasteiger charge is 2.21. The van der Waals surface area contributed by atoms with Crippen LogP contribution < -0.4 is 5.32 Å². The van der Waals surface area contributed by atoms with E-state index in [0.29, 0.717) is 5.56 Å². The Balaban J connectivity index is 2.15. The molecule has 2 rings (SSSR count). The molecular formula is C17H15Br2NO3. The number of nitrogens with one attached hydrogen (secondary N) is 1. The predicted octanol–water partition coefficient (Wildman–Crippen LogP) is 3.95. The van der Waals surface area contributed by atoms with Crippen LogP contribution in [0.5, 0.6) is 0 Å². The summed E-state index contributed by atoms with van der Waals surface area (Å²) in [4.78, 5) is 23.8. The summed E-state index contributed by atoms with van der Waals surface area (Å²) in [6, 6.07) is 11.7. The standard InChI is InChI=1S/C17H15Br2NO3/c1-10-3-2-4-11(5-10)6-15(17(22)23)20-16(21)12-7-13(18)9-14(19)8-12/h2-5,7-9,15H,6H2,1H3,(H,20,21)(H,22,23)/t15-/m1/s1. The first-order valence-corrected chi connectivity index (χ1v) is 8.49. The van der Waals surface area contributed by atoms with Crippen LogP contribution in [0.4, 0.5) is 0 Å². The van der Waals surface area contributed by atoms with Crippen molar-refractivity contribution in [2.75, 3.05) is 0 Å². The zero-order valence-electron chi connectivity index (χ0n) is 12.3. The molecule has 0 bridgehead atoms. The van der Waals surface area contributed by atoms with Crippen molar-refractivity contribution in [1.29, 1.82) is 0 Å². The first-order chi connectivity index (χ1) is 10.8. The zero-order chi connectivity index (χ0) is 17.0. The van der Waals surface area contributed by atoms with Crippen LogP contribution >= 0.6 is 31.9 Å². The second-order valence-electron chi connectivity index (χ2n) is 5.22. The molecule has 0 radical (unpaired) electrons. The van der Waals surface area contributed by atoms with Crippen molar-refractivity contribution in [3.8, 4) is 0 Å². The van der Waals surface area contributed by atoms with E-state index in [0.717, 1.165) is 20.1 Å². The second-order valence-corrected chi connectivity index (χ2v) is 7.05. The Hall–Kier alpha value is -1.66. The normalized spacial score (nSPS) is 11.8. The number of amides is 1. The summed E-state index contributed by atoms with van der Waals surface area (Å²) in [6.45, 7) is 1.94. The van der Waals surface area contributed by atoms with Crippen LogP contribution in [-0.4, -0.2) is 23.0 Å². The molecule has 0 aliphatic heterocycles. The van der Waals surface area contributed by atoms with Gasteiger partial charge in [-0.05, 0) is 30.7 Å². The number of benzene rings is 2. The first-order valence-electron chi connectivity index (χ1n) is 6.90. The SMILES string of the molecule is Cc1cccc(C[C@@H](NC(=O)c2cc(Br)cc(Br)c2)C(=O)O)c1. The third kappa shape index (κ3) is 5.18. The molecule has 0 aromatic heterocycles. The largest absolute Gasteiger partial charge is 0.480 e. The summed E-state index contributed by atoms with van der Waals surface area (Å²) in [7, 11) is 0. The van der Waals surface area contributed by atoms with E-state index in [1.807, 2.05) is 31.2 Å². The number of hydrogen-bond acceptors (Lipinski definition) is 2. The zero-order valence-corrected chi connectivity index (χ0v) is 15.5. The number of hydrogen-bond donors (Lipinski definition) is 2. The highest BCUT2D eigenvalue weighted by Crippen LogP contribution is 2.20. The topological polar surface area (TPSA) is 66.4 Å². The third-order valence-electron chi connectivity index (χ3n) is 3.25. The van der Waals surface area contributed by atoms with Gasteiger partial charge in [0, 0.05) is 20.9 Å². The van der Waals surface area contributed by atoms with E-state index >= 15 is 0 Å². The Kier molecular flexibility index (Phi) is 5.96. The van der Waals surface area contributed by atoms with E-state index < -0.39 is 17.9 Å². The molecule has 120 valence electrons. The molecule has 0 heterocycles. The number of carbonyl (C=O) groups is 2. The Morgan fingerprint density at radius 2 is 1.78 bits per heavy atom. The maximum Gasteiger partial charge on any atom is 0.326 e. The van der Waals surface area contributed by atoms with Crippen molar-refractivity contribution in [3.05, 3.63) is 68.1 Å². The summed E-state index contributed by atoms with van der Waals surface area (Å²) < 4.78 is 1.48. The molecule has 2 aromatic carbocycles. The van der Waals surface area contributed by atoms with Crippen LogP contribution in [0.3, 0.4) is 0 Å². The van der Waals surface area contributed by atoms with Gasteiger partial charge in [-0.15, -0.1) is 0 Å². The molecule has 0 unspecified atom stereocenters. The van der Waals surface area contributed by atoms with Crippen LogP contribution in [0, 0.1) is 6.92 Å². The number of carboxylic acid groups (broad SMARTS) is 1. The van der Waals surface area contributed by atoms with Gasteiger partial charge in [-0.1, -0.05) is 61.7 Å². The molecule has 2 N–H and O–H groups in total. The van der Waals surface area contributed by atoms with Gasteiger partial charge in [0.15, 0.2) is 0 Å². The van der Waals surface area contributed by atoms with Crippen molar-refractivity contribution in [1.82, 2.24) is 5.32 Å². The third-order valence-corrected chi connectivity index (χ3v) is 4.17. The van der Waals surface area contributed by atoms with E-state index in [1.54, 1.807) is 18.2 Å². The van der Waals surface area contributed by atoms with Crippen molar-refractivity contribution in [3.63, 3.8) is 0 Å². The van der Waals surface area contributed by atoms with Gasteiger partial charge < -0.3 is 10.4 Å². The maximum absolute atomic E-state index is 12.3. The average Bonchev–Trinajstić information content (AvgIpc) is 2.45. The second kappa shape index (κ2) is 7.75. The molecule has 0 aliphatic rings. The lowest BCUT2D eigenvalue weighted by molar-refractivity contribution is -0.139. The number of carboxylic acids is 1. The molecule has 0 saturated heterocycles. The monoisotopic (exact) mass is 439 g/mol. The van der Waals surface area contributed by atoms with Gasteiger partial charge >= 0.3 is 5.97 Å². The van der Waals surface area contributed by atoms with Crippen LogP contribution in [0.1, 0.15) is 21.5 Å². The fourth-order valence-corrected chi connectivity index (χ4v) is 3.50. The molecule has 0 spiro atoms. The molecule has 0 fully saturated rings. The Bertz CT molecular complexity index is 726. The fraction of sp³-hybridized carbons (Fsp3) is 0.176. The summed E-state index contributed by atoms with van der Waals surface area (Å²) in [5.41, 5.74) is 2.31. The lowest BCUT2D eigenvalue weighted by Crippen LogP contribution is -2.42. The highest BCUT2D eigenvalue weighted by atomic mass is 79.9. The van der Waals surface area contributed by atoms with Gasteiger partial charge in [0.05, 0.1) is 0 Å². The van der Waals surface area contributed by atoms with E-state index in [1.165, 1.54) is 0 Å². The summed E-state index contributed by atoms with van der Waals surface area (Å²) in [5, 5.41) is 12.0. The van der Waals surface area contributed by atoms with Gasteiger partial charge in [-0.3, -0.25) is 4.79 Å². The summed E-state index contributed by atoms with van der Waals surface area (Å²) in [5.74, 6) is -1.49. The quantitative estimate of drug-likeness (QED) is 0.739. The molecular weight excluding hydrogens is 426 g/mol. The van der Waals surface area contributed by atoms with E-state index in [2.05, 4.69) is 37.2 Å². The molecule has 6 heteroatoms. The molecule has 4 nitrogen and oxygen atoms in total. The fourth-order valence-electron chi connectivity index (χ4n) is 2.20. The minimum atomic E-state index is -1.06. The molecule has 0 saturated carbocycles. The number of carbonyl (C=O) groups excluding carboxylic acids is 1. The van der Waals surface area contributed by atoms with Gasteiger partial charge in [0.1, 0.15) is 6.04 Å². The van der Waals surface area contributed by atoms with Crippen molar-refractivity contribution >= 4 is 43.7 Å². The van der Waals surface area contributed by atoms with Crippen molar-refractivity contribution in [2.45, 2.75) is 19.4 Å². The Morgan fingerprint density at radius 3 is 2.35 bits per heavy atom. The Morgan fingerprint density at radius 1 is 1.13 bits per heavy atom. The summed E-state index contributed by atoms with van der Waals surface area (Å²) >= 11 is 6.62. The van der Waals surface area contributed by atoms with Crippen molar-refractivity contribution < 1.29 is 14.7 Å². The van der Waals surface area contributed by atoms with Crippen LogP contribution in [0.15, 0.2) is 51.4 Å². The minimum Gasteiger partial charge on any atom is -0.480 e. The predicted molar refractivity (Wildman–Crippen MR) is 95.6 cm³/mol. The van der Waals surface area contributed by atoms with Gasteiger partial charge in [0.25, 0.3) is 5.91 Å². The lowest BCUT2D eigenvalue weighted by atomic mass is 10.0. The van der Waals surface area contributed by atoms with Gasteiger partial charge in [-0.2, -0.15) is 0 Å². The van der Waals surface area contributed by atoms with E-state index in [9.17, 15) is 14.7 Å². The van der Waals surface area contributed by atoms with Crippen LogP contribution in [-0.2, 0) is 11.2 Å². The smallest absolute Gasteiger partial charge is 0.326 e. The number of aryl methyl sites for hydroxylation is 1. The van der Waals surface area contributed by atoms with Crippen LogP contribution in [0.25, 0.3) is 0 Å². The number of halogens is 2. The molecule has 0 aliphatic carbocycles. The van der Waals surface area contributed by atoms with Gasteiger partial charge in [0.2, 0.25) is 0 Å². The number of aliphatic carboxylic acids is 1. The number of rotatable bonds is 5. The van der Waals surface area contributed by atoms with Crippen LogP contribution in [0.2, 0.25) is 0 Å². The van der Waals surface area contributed by atoms with Gasteiger partial charge in [-0.25, -0.2) is 4.79 Å². The maximum atomic E-state index is 12.3. The van der Waals surface area contributed by atoms with E-state index in [4.69, 9.17) is 0 Å². The van der Waals surface area contributed by atoms with Crippen molar-refractivity contribution in [2.24, 2.45) is 0 Å². The molecule has 1 atom stereocenters. The summed E-state index contributed by atoms with van der Waals surface area (Å²) in [6.07, 6.45) is 0.234. The van der Waals surface area contributed by atoms with E-state index in [-0.39, 0.29) is 6.42 Å². The molecule has 2 aromatic rings. The molecule has 1 amide bonds. The Labute approximate surface area is 151 Å². The average molecular weight is 441 g/mol. The highest BCUT2D eigenvalue weighted by molar-refractivity contribution is 9.11.